The first-order valence-corrected chi connectivity index (χ1v) is 11.0. The van der Waals surface area contributed by atoms with Crippen LogP contribution in [0, 0.1) is 5.92 Å². The predicted molar refractivity (Wildman–Crippen MR) is 107 cm³/mol. The molecule has 2 saturated carbocycles. The zero-order chi connectivity index (χ0) is 19.5. The average molecular weight is 385 g/mol. The van der Waals surface area contributed by atoms with Gasteiger partial charge in [-0.1, -0.05) is 13.0 Å². The molecule has 0 aromatic heterocycles. The van der Waals surface area contributed by atoms with Gasteiger partial charge < -0.3 is 15.5 Å². The molecule has 28 heavy (non-hydrogen) atoms. The van der Waals surface area contributed by atoms with Gasteiger partial charge in [0.2, 0.25) is 0 Å². The number of ketones is 1. The number of hydrogen-bond donors (Lipinski definition) is 3. The number of hydrogen-bond acceptors (Lipinski definition) is 5. The first kappa shape index (κ1) is 18.6. The van der Waals surface area contributed by atoms with Crippen molar-refractivity contribution in [2.45, 2.75) is 75.0 Å². The van der Waals surface area contributed by atoms with Crippen molar-refractivity contribution in [1.82, 2.24) is 10.2 Å². The highest BCUT2D eigenvalue weighted by atomic mass is 16.3. The average Bonchev–Trinajstić information content (AvgIpc) is 3.47. The normalized spacial score (nSPS) is 37.4. The molecule has 4 aliphatic rings. The van der Waals surface area contributed by atoms with E-state index < -0.39 is 11.0 Å². The molecule has 1 heterocycles. The van der Waals surface area contributed by atoms with E-state index in [1.165, 1.54) is 18.4 Å². The van der Waals surface area contributed by atoms with Crippen molar-refractivity contribution < 1.29 is 15.0 Å². The molecule has 1 aromatic rings. The maximum Gasteiger partial charge on any atom is 0.150 e. The molecule has 152 valence electrons. The molecule has 2 bridgehead atoms. The van der Waals surface area contributed by atoms with Crippen LogP contribution in [-0.4, -0.2) is 58.2 Å². The van der Waals surface area contributed by atoms with Crippen molar-refractivity contribution in [3.63, 3.8) is 0 Å². The highest BCUT2D eigenvalue weighted by Gasteiger charge is 2.66. The number of Topliss-reactive ketones (excluding diaryl/α,β-unsaturated/α-hetero) is 1. The molecule has 5 heteroatoms. The third kappa shape index (κ3) is 2.66. The van der Waals surface area contributed by atoms with Gasteiger partial charge in [-0.3, -0.25) is 9.69 Å². The fraction of sp³-hybridized carbons (Fsp3) is 0.696. The van der Waals surface area contributed by atoms with Gasteiger partial charge in [-0.15, -0.1) is 0 Å². The van der Waals surface area contributed by atoms with E-state index in [9.17, 15) is 15.0 Å². The number of phenols is 1. The molecule has 3 N–H and O–H groups in total. The minimum absolute atomic E-state index is 0.0536. The van der Waals surface area contributed by atoms with Gasteiger partial charge in [0, 0.05) is 30.8 Å². The predicted octanol–water partition coefficient (Wildman–Crippen LogP) is 2.13. The van der Waals surface area contributed by atoms with Crippen molar-refractivity contribution in [1.29, 1.82) is 0 Å². The van der Waals surface area contributed by atoms with Gasteiger partial charge >= 0.3 is 0 Å². The molecular weight excluding hydrogens is 352 g/mol. The van der Waals surface area contributed by atoms with E-state index in [0.717, 1.165) is 50.4 Å². The number of benzene rings is 1. The Bertz CT molecular complexity index is 792. The molecule has 1 saturated heterocycles. The zero-order valence-electron chi connectivity index (χ0n) is 16.8. The van der Waals surface area contributed by atoms with Gasteiger partial charge in [-0.25, -0.2) is 0 Å². The molecule has 0 unspecified atom stereocenters. The van der Waals surface area contributed by atoms with Crippen LogP contribution in [0.5, 0.6) is 5.75 Å². The molecule has 4 atom stereocenters. The molecule has 1 aliphatic heterocycles. The van der Waals surface area contributed by atoms with Crippen LogP contribution >= 0.6 is 0 Å². The molecule has 0 spiro atoms. The Hall–Kier alpha value is -1.43. The Kier molecular flexibility index (Phi) is 4.34. The summed E-state index contributed by atoms with van der Waals surface area (Å²) >= 11 is 0. The summed E-state index contributed by atoms with van der Waals surface area (Å²) in [5.74, 6) is 1.22. The van der Waals surface area contributed by atoms with Gasteiger partial charge in [0.05, 0.1) is 11.6 Å². The minimum Gasteiger partial charge on any atom is -0.508 e. The van der Waals surface area contributed by atoms with E-state index in [1.54, 1.807) is 6.07 Å². The molecule has 0 radical (unpaired) electrons. The highest BCUT2D eigenvalue weighted by molar-refractivity contribution is 5.87. The Morgan fingerprint density at radius 1 is 1.32 bits per heavy atom. The van der Waals surface area contributed by atoms with E-state index in [1.807, 2.05) is 12.1 Å². The van der Waals surface area contributed by atoms with Crippen LogP contribution < -0.4 is 5.32 Å². The zero-order valence-corrected chi connectivity index (χ0v) is 16.8. The molecule has 0 amide bonds. The van der Waals surface area contributed by atoms with E-state index in [2.05, 4.69) is 17.1 Å². The van der Waals surface area contributed by atoms with Crippen molar-refractivity contribution in [2.75, 3.05) is 19.6 Å². The number of rotatable bonds is 5. The summed E-state index contributed by atoms with van der Waals surface area (Å²) in [5, 5.41) is 25.8. The van der Waals surface area contributed by atoms with E-state index in [0.29, 0.717) is 12.8 Å². The number of nitrogens with one attached hydrogen (secondary N) is 1. The number of fused-ring (bicyclic) bond motifs is 1. The van der Waals surface area contributed by atoms with Gasteiger partial charge in [-0.2, -0.15) is 0 Å². The number of nitrogens with zero attached hydrogens (tertiary/aromatic N) is 1. The number of carbonyl (C=O) groups excluding carboxylic acids is 1. The fourth-order valence-electron chi connectivity index (χ4n) is 6.26. The summed E-state index contributed by atoms with van der Waals surface area (Å²) in [4.78, 5) is 15.6. The molecule has 3 aliphatic carbocycles. The number of carbonyl (C=O) groups is 1. The Labute approximate surface area is 167 Å². The first-order chi connectivity index (χ1) is 13.5. The van der Waals surface area contributed by atoms with Crippen LogP contribution in [0.2, 0.25) is 0 Å². The lowest BCUT2D eigenvalue weighted by Gasteiger charge is -2.64. The molecular formula is C23H32N2O3. The number of phenolic OH excluding ortho intramolecular Hbond substituents is 1. The number of likely N-dealkylation sites (tertiary alicyclic amines) is 1. The Balaban J connectivity index is 1.58. The lowest BCUT2D eigenvalue weighted by Crippen LogP contribution is -2.75. The van der Waals surface area contributed by atoms with Gasteiger partial charge in [0.25, 0.3) is 0 Å². The maximum atomic E-state index is 13.1. The molecule has 1 aromatic carbocycles. The number of aromatic hydroxyl groups is 1. The minimum atomic E-state index is -0.930. The van der Waals surface area contributed by atoms with Crippen LogP contribution in [0.1, 0.15) is 56.6 Å². The lowest BCUT2D eigenvalue weighted by atomic mass is 9.48. The van der Waals surface area contributed by atoms with Crippen LogP contribution in [0.25, 0.3) is 0 Å². The van der Waals surface area contributed by atoms with Crippen molar-refractivity contribution in [3.8, 4) is 5.75 Å². The van der Waals surface area contributed by atoms with Crippen LogP contribution in [0.3, 0.4) is 0 Å². The summed E-state index contributed by atoms with van der Waals surface area (Å²) in [6.45, 7) is 4.89. The fourth-order valence-corrected chi connectivity index (χ4v) is 6.26. The van der Waals surface area contributed by atoms with Gasteiger partial charge in [0.1, 0.15) is 5.75 Å². The highest BCUT2D eigenvalue weighted by Crippen LogP contribution is 2.58. The van der Waals surface area contributed by atoms with Crippen LogP contribution in [0.4, 0.5) is 0 Å². The van der Waals surface area contributed by atoms with Crippen molar-refractivity contribution in [2.24, 2.45) is 5.92 Å². The molecule has 5 nitrogen and oxygen atoms in total. The molecule has 5 rings (SSSR count). The summed E-state index contributed by atoms with van der Waals surface area (Å²) in [5.41, 5.74) is 0.714. The quantitative estimate of drug-likeness (QED) is 0.725. The standard InChI is InChI=1S/C23H32N2O3/c1-2-8-24-19-12-23(28)21-10-16-5-6-17(26)11-18(16)22(23,13-20(19)27)7-9-25(21)14-15-3-4-15/h5-6,11,15,19,21,24,26,28H,2-4,7-10,12-14H2,1H3/t19-,21+,22+,23+/m0/s1. The molecule has 3 fully saturated rings. The van der Waals surface area contributed by atoms with Crippen LogP contribution in [-0.2, 0) is 16.6 Å². The maximum absolute atomic E-state index is 13.1. The monoisotopic (exact) mass is 384 g/mol. The van der Waals surface area contributed by atoms with E-state index >= 15 is 0 Å². The largest absolute Gasteiger partial charge is 0.508 e. The third-order valence-electron chi connectivity index (χ3n) is 7.88. The van der Waals surface area contributed by atoms with Crippen molar-refractivity contribution >= 4 is 5.78 Å². The Morgan fingerprint density at radius 3 is 2.89 bits per heavy atom. The van der Waals surface area contributed by atoms with Gasteiger partial charge in [-0.05, 0) is 74.4 Å². The summed E-state index contributed by atoms with van der Waals surface area (Å²) in [7, 11) is 0. The topological polar surface area (TPSA) is 72.8 Å². The summed E-state index contributed by atoms with van der Waals surface area (Å²) < 4.78 is 0. The second-order valence-electron chi connectivity index (χ2n) is 9.61. The van der Waals surface area contributed by atoms with Crippen LogP contribution in [0.15, 0.2) is 18.2 Å². The second-order valence-corrected chi connectivity index (χ2v) is 9.61. The SMILES string of the molecule is CCCN[C@H]1C[C@@]2(O)[C@H]3Cc4ccc(O)cc4[C@@]2(CCN3CC2CC2)CC1=O. The smallest absolute Gasteiger partial charge is 0.150 e. The van der Waals surface area contributed by atoms with E-state index in [4.69, 9.17) is 0 Å². The number of piperidine rings is 1. The number of aliphatic hydroxyl groups is 1. The summed E-state index contributed by atoms with van der Waals surface area (Å²) in [6.07, 6.45) is 6.01. The van der Waals surface area contributed by atoms with E-state index in [-0.39, 0.29) is 23.6 Å². The third-order valence-corrected chi connectivity index (χ3v) is 7.88. The summed E-state index contributed by atoms with van der Waals surface area (Å²) in [6, 6.07) is 5.36. The second kappa shape index (κ2) is 6.54. The first-order valence-electron chi connectivity index (χ1n) is 11.0. The lowest BCUT2D eigenvalue weighted by molar-refractivity contribution is -0.177. The Morgan fingerprint density at radius 2 is 2.14 bits per heavy atom. The van der Waals surface area contributed by atoms with Crippen molar-refractivity contribution in [3.05, 3.63) is 29.3 Å². The van der Waals surface area contributed by atoms with Gasteiger partial charge in [0.15, 0.2) is 5.78 Å².